The van der Waals surface area contributed by atoms with E-state index in [1.807, 2.05) is 40.1 Å². The van der Waals surface area contributed by atoms with Gasteiger partial charge in [0.15, 0.2) is 6.61 Å². The van der Waals surface area contributed by atoms with E-state index in [1.54, 1.807) is 18.2 Å². The molecule has 34 heavy (non-hydrogen) atoms. The maximum absolute atomic E-state index is 12.9. The van der Waals surface area contributed by atoms with Crippen LogP contribution in [0.2, 0.25) is 10.0 Å². The van der Waals surface area contributed by atoms with Gasteiger partial charge in [0, 0.05) is 44.8 Å². The van der Waals surface area contributed by atoms with Gasteiger partial charge >= 0.3 is 0 Å². The number of rotatable bonds is 6. The molecule has 2 fully saturated rings. The van der Waals surface area contributed by atoms with Gasteiger partial charge in [-0.2, -0.15) is 0 Å². The molecule has 9 heteroatoms. The van der Waals surface area contributed by atoms with Gasteiger partial charge in [-0.05, 0) is 43.3 Å². The average Bonchev–Trinajstić information content (AvgIpc) is 3.10. The van der Waals surface area contributed by atoms with E-state index in [4.69, 9.17) is 32.7 Å². The van der Waals surface area contributed by atoms with E-state index < -0.39 is 0 Å². The summed E-state index contributed by atoms with van der Waals surface area (Å²) in [7, 11) is 0. The molecule has 0 bridgehead atoms. The maximum Gasteiger partial charge on any atom is 0.260 e. The van der Waals surface area contributed by atoms with Crippen molar-refractivity contribution < 1.29 is 19.1 Å². The number of carbonyl (C=O) groups excluding carboxylic acids is 2. The third kappa shape index (κ3) is 6.63. The highest BCUT2D eigenvalue weighted by atomic mass is 35.5. The van der Waals surface area contributed by atoms with Crippen LogP contribution in [-0.4, -0.2) is 91.6 Å². The van der Waals surface area contributed by atoms with Crippen molar-refractivity contribution in [1.82, 2.24) is 14.7 Å². The molecule has 0 aromatic heterocycles. The van der Waals surface area contributed by atoms with E-state index in [0.29, 0.717) is 60.7 Å². The Bertz CT molecular complexity index is 991. The Labute approximate surface area is 210 Å². The molecule has 0 N–H and O–H groups in total. The Morgan fingerprint density at radius 1 is 0.941 bits per heavy atom. The number of carbonyl (C=O) groups is 2. The van der Waals surface area contributed by atoms with Crippen LogP contribution < -0.4 is 4.74 Å². The summed E-state index contributed by atoms with van der Waals surface area (Å²) in [6.07, 6.45) is 0.805. The van der Waals surface area contributed by atoms with Crippen LogP contribution in [0, 0.1) is 0 Å². The highest BCUT2D eigenvalue weighted by Crippen LogP contribution is 2.24. The summed E-state index contributed by atoms with van der Waals surface area (Å²) < 4.78 is 11.6. The minimum atomic E-state index is -0.0795. The molecule has 2 saturated heterocycles. The average molecular weight is 506 g/mol. The number of morpholine rings is 1. The van der Waals surface area contributed by atoms with Crippen LogP contribution in [0.5, 0.6) is 5.75 Å². The summed E-state index contributed by atoms with van der Waals surface area (Å²) in [5, 5.41) is 0.800. The predicted octanol–water partition coefficient (Wildman–Crippen LogP) is 3.45. The standard InChI is InChI=1S/C25H29Cl2N3O4/c26-22-8-7-19(15-23(22)27)25(32)30-13-14-33-21(17-30)16-28-9-4-10-29(12-11-28)24(31)18-34-20-5-2-1-3-6-20/h1-3,5-8,15,21H,4,9-14,16-18H2. The second-order valence-electron chi connectivity index (χ2n) is 8.51. The summed E-state index contributed by atoms with van der Waals surface area (Å²) in [4.78, 5) is 31.5. The van der Waals surface area contributed by atoms with Crippen molar-refractivity contribution in [3.63, 3.8) is 0 Å². The Balaban J connectivity index is 1.25. The first-order valence-corrected chi connectivity index (χ1v) is 12.3. The number of benzene rings is 2. The van der Waals surface area contributed by atoms with Crippen molar-refractivity contribution in [3.8, 4) is 5.75 Å². The largest absolute Gasteiger partial charge is 0.484 e. The summed E-state index contributed by atoms with van der Waals surface area (Å²) in [5.41, 5.74) is 0.525. The first kappa shape index (κ1) is 24.8. The Morgan fingerprint density at radius 2 is 1.76 bits per heavy atom. The van der Waals surface area contributed by atoms with E-state index in [0.717, 1.165) is 19.5 Å². The molecule has 4 rings (SSSR count). The normalized spacial score (nSPS) is 19.5. The van der Waals surface area contributed by atoms with E-state index >= 15 is 0 Å². The lowest BCUT2D eigenvalue weighted by atomic mass is 10.1. The number of amides is 2. The molecular weight excluding hydrogens is 477 g/mol. The smallest absolute Gasteiger partial charge is 0.260 e. The highest BCUT2D eigenvalue weighted by molar-refractivity contribution is 6.42. The SMILES string of the molecule is O=C(COc1ccccc1)N1CCCN(CC2CN(C(=O)c3ccc(Cl)c(Cl)c3)CCO2)CC1. The van der Waals surface area contributed by atoms with Crippen molar-refractivity contribution >= 4 is 35.0 Å². The van der Waals surface area contributed by atoms with Gasteiger partial charge in [0.05, 0.1) is 22.8 Å². The molecule has 2 aromatic rings. The van der Waals surface area contributed by atoms with Crippen LogP contribution in [-0.2, 0) is 9.53 Å². The van der Waals surface area contributed by atoms with E-state index in [1.165, 1.54) is 0 Å². The van der Waals surface area contributed by atoms with Crippen LogP contribution >= 0.6 is 23.2 Å². The molecule has 7 nitrogen and oxygen atoms in total. The molecule has 0 saturated carbocycles. The molecule has 182 valence electrons. The third-order valence-electron chi connectivity index (χ3n) is 6.10. The molecule has 1 unspecified atom stereocenters. The van der Waals surface area contributed by atoms with Gasteiger partial charge in [0.25, 0.3) is 11.8 Å². The molecule has 1 atom stereocenters. The fourth-order valence-corrected chi connectivity index (χ4v) is 4.57. The van der Waals surface area contributed by atoms with Crippen LogP contribution in [0.1, 0.15) is 16.8 Å². The van der Waals surface area contributed by atoms with E-state index in [-0.39, 0.29) is 24.5 Å². The lowest BCUT2D eigenvalue weighted by Gasteiger charge is -2.35. The molecule has 0 spiro atoms. The van der Waals surface area contributed by atoms with Crippen LogP contribution in [0.3, 0.4) is 0 Å². The number of halogens is 2. The molecule has 0 aliphatic carbocycles. The fraction of sp³-hybridized carbons (Fsp3) is 0.440. The molecule has 2 aromatic carbocycles. The number of nitrogens with zero attached hydrogens (tertiary/aromatic N) is 3. The number of ether oxygens (including phenoxy) is 2. The van der Waals surface area contributed by atoms with Gasteiger partial charge < -0.3 is 19.3 Å². The van der Waals surface area contributed by atoms with Gasteiger partial charge in [-0.25, -0.2) is 0 Å². The lowest BCUT2D eigenvalue weighted by molar-refractivity contribution is -0.133. The van der Waals surface area contributed by atoms with Gasteiger partial charge in [-0.1, -0.05) is 41.4 Å². The van der Waals surface area contributed by atoms with Crippen LogP contribution in [0.4, 0.5) is 0 Å². The second kappa shape index (κ2) is 11.9. The van der Waals surface area contributed by atoms with Crippen LogP contribution in [0.25, 0.3) is 0 Å². The summed E-state index contributed by atoms with van der Waals surface area (Å²) in [6, 6.07) is 14.3. The molecule has 2 aliphatic rings. The van der Waals surface area contributed by atoms with Crippen molar-refractivity contribution in [1.29, 1.82) is 0 Å². The molecule has 0 radical (unpaired) electrons. The first-order chi connectivity index (χ1) is 16.5. The van der Waals surface area contributed by atoms with Crippen molar-refractivity contribution in [2.24, 2.45) is 0 Å². The Kier molecular flexibility index (Phi) is 8.67. The van der Waals surface area contributed by atoms with Gasteiger partial charge in [-0.15, -0.1) is 0 Å². The van der Waals surface area contributed by atoms with E-state index in [2.05, 4.69) is 4.90 Å². The van der Waals surface area contributed by atoms with Crippen molar-refractivity contribution in [2.75, 3.05) is 59.0 Å². The van der Waals surface area contributed by atoms with E-state index in [9.17, 15) is 9.59 Å². The molecule has 2 amide bonds. The quantitative estimate of drug-likeness (QED) is 0.601. The monoisotopic (exact) mass is 505 g/mol. The summed E-state index contributed by atoms with van der Waals surface area (Å²) in [6.45, 7) is 5.31. The molecular formula is C25H29Cl2N3O4. The van der Waals surface area contributed by atoms with Gasteiger partial charge in [-0.3, -0.25) is 14.5 Å². The maximum atomic E-state index is 12.9. The predicted molar refractivity (Wildman–Crippen MR) is 132 cm³/mol. The topological polar surface area (TPSA) is 62.3 Å². The summed E-state index contributed by atoms with van der Waals surface area (Å²) in [5.74, 6) is 0.623. The molecule has 2 aliphatic heterocycles. The van der Waals surface area contributed by atoms with Crippen molar-refractivity contribution in [2.45, 2.75) is 12.5 Å². The molecule has 2 heterocycles. The second-order valence-corrected chi connectivity index (χ2v) is 9.32. The third-order valence-corrected chi connectivity index (χ3v) is 6.84. The zero-order valence-corrected chi connectivity index (χ0v) is 20.5. The first-order valence-electron chi connectivity index (χ1n) is 11.5. The van der Waals surface area contributed by atoms with Gasteiger partial charge in [0.2, 0.25) is 0 Å². The zero-order valence-electron chi connectivity index (χ0n) is 19.0. The summed E-state index contributed by atoms with van der Waals surface area (Å²) >= 11 is 12.1. The lowest BCUT2D eigenvalue weighted by Crippen LogP contribution is -2.50. The van der Waals surface area contributed by atoms with Gasteiger partial charge in [0.1, 0.15) is 5.75 Å². The number of para-hydroxylation sites is 1. The minimum absolute atomic E-state index is 0.00184. The fourth-order valence-electron chi connectivity index (χ4n) is 4.27. The Hall–Kier alpha value is -2.32. The van der Waals surface area contributed by atoms with Crippen LogP contribution in [0.15, 0.2) is 48.5 Å². The van der Waals surface area contributed by atoms with Crippen molar-refractivity contribution in [3.05, 3.63) is 64.1 Å². The Morgan fingerprint density at radius 3 is 2.56 bits per heavy atom. The number of hydrogen-bond donors (Lipinski definition) is 0. The highest BCUT2D eigenvalue weighted by Gasteiger charge is 2.28. The number of hydrogen-bond acceptors (Lipinski definition) is 5. The zero-order chi connectivity index (χ0) is 23.9. The minimum Gasteiger partial charge on any atom is -0.484 e.